The number of hydrogen-bond donors (Lipinski definition) is 1. The second-order valence-electron chi connectivity index (χ2n) is 10.2. The highest BCUT2D eigenvalue weighted by Gasteiger charge is 2.27. The molecular weight excluding hydrogens is 488 g/mol. The number of β-amino-alcohol motifs (C(OH)–C–C–N with tert-alkyl or cyclic N) is 1. The second-order valence-corrected chi connectivity index (χ2v) is 10.2. The fourth-order valence-electron chi connectivity index (χ4n) is 4.93. The lowest BCUT2D eigenvalue weighted by Gasteiger charge is -2.27. The van der Waals surface area contributed by atoms with Crippen molar-refractivity contribution in [1.29, 1.82) is 0 Å². The number of aliphatic hydroxyl groups excluding tert-OH is 1. The second kappa shape index (κ2) is 14.5. The standard InChI is InChI=1S/C31H41F2NO4/c1-5-37-31(36)11-7-6-9-25-15-22(3)30(33)18-28(25)23(4)38-20-27(35)19-34-14-8-10-26(34)16-24-13-12-21(2)29(32)17-24/h6,9,12-13,15,17-18,23,26-27,35H,5,7-8,10-11,14,16,19-20H2,1-4H3/b9-6+/t23-,26+,27-/m1/s1. The van der Waals surface area contributed by atoms with Gasteiger partial charge in [-0.3, -0.25) is 9.69 Å². The summed E-state index contributed by atoms with van der Waals surface area (Å²) >= 11 is 0. The van der Waals surface area contributed by atoms with Crippen molar-refractivity contribution >= 4 is 12.0 Å². The molecule has 0 aromatic heterocycles. The minimum Gasteiger partial charge on any atom is -0.466 e. The molecule has 2 aromatic carbocycles. The van der Waals surface area contributed by atoms with Crippen molar-refractivity contribution in [2.24, 2.45) is 0 Å². The summed E-state index contributed by atoms with van der Waals surface area (Å²) in [7, 11) is 0. The number of hydrogen-bond acceptors (Lipinski definition) is 5. The van der Waals surface area contributed by atoms with Crippen molar-refractivity contribution in [1.82, 2.24) is 4.90 Å². The smallest absolute Gasteiger partial charge is 0.306 e. The van der Waals surface area contributed by atoms with Gasteiger partial charge in [0.05, 0.1) is 25.4 Å². The molecule has 38 heavy (non-hydrogen) atoms. The van der Waals surface area contributed by atoms with E-state index in [2.05, 4.69) is 4.90 Å². The minimum absolute atomic E-state index is 0.116. The normalized spacial score (nSPS) is 17.7. The van der Waals surface area contributed by atoms with E-state index in [1.807, 2.05) is 31.2 Å². The Morgan fingerprint density at radius 1 is 1.18 bits per heavy atom. The predicted molar refractivity (Wildman–Crippen MR) is 146 cm³/mol. The largest absolute Gasteiger partial charge is 0.466 e. The molecule has 3 rings (SSSR count). The van der Waals surface area contributed by atoms with Crippen molar-refractivity contribution in [2.45, 2.75) is 78.0 Å². The van der Waals surface area contributed by atoms with Crippen LogP contribution in [-0.4, -0.2) is 54.4 Å². The third-order valence-corrected chi connectivity index (χ3v) is 7.11. The van der Waals surface area contributed by atoms with E-state index in [1.165, 1.54) is 6.07 Å². The van der Waals surface area contributed by atoms with Gasteiger partial charge in [-0.2, -0.15) is 0 Å². The van der Waals surface area contributed by atoms with Gasteiger partial charge in [0.2, 0.25) is 0 Å². The zero-order valence-electron chi connectivity index (χ0n) is 23.0. The van der Waals surface area contributed by atoms with Crippen molar-refractivity contribution in [3.63, 3.8) is 0 Å². The van der Waals surface area contributed by atoms with Crippen LogP contribution in [-0.2, 0) is 20.7 Å². The van der Waals surface area contributed by atoms with Crippen LogP contribution >= 0.6 is 0 Å². The Labute approximate surface area is 225 Å². The molecule has 0 unspecified atom stereocenters. The number of esters is 1. The number of ether oxygens (including phenoxy) is 2. The number of likely N-dealkylation sites (tertiary alicyclic amines) is 1. The first-order valence-electron chi connectivity index (χ1n) is 13.6. The highest BCUT2D eigenvalue weighted by Crippen LogP contribution is 2.27. The monoisotopic (exact) mass is 529 g/mol. The third kappa shape index (κ3) is 8.72. The van der Waals surface area contributed by atoms with Crippen LogP contribution in [0.1, 0.15) is 73.5 Å². The molecule has 0 amide bonds. The number of carbonyl (C=O) groups is 1. The summed E-state index contributed by atoms with van der Waals surface area (Å²) in [4.78, 5) is 13.8. The Morgan fingerprint density at radius 2 is 1.95 bits per heavy atom. The lowest BCUT2D eigenvalue weighted by Crippen LogP contribution is -2.39. The number of aryl methyl sites for hydroxylation is 2. The zero-order chi connectivity index (χ0) is 27.7. The van der Waals surface area contributed by atoms with Crippen molar-refractivity contribution < 1.29 is 28.2 Å². The molecule has 3 atom stereocenters. The summed E-state index contributed by atoms with van der Waals surface area (Å²) in [6.45, 7) is 8.91. The van der Waals surface area contributed by atoms with Gasteiger partial charge in [-0.05, 0) is 106 Å². The molecule has 1 aliphatic rings. The van der Waals surface area contributed by atoms with Gasteiger partial charge in [0, 0.05) is 19.0 Å². The van der Waals surface area contributed by atoms with Gasteiger partial charge in [-0.1, -0.05) is 24.3 Å². The van der Waals surface area contributed by atoms with Crippen LogP contribution < -0.4 is 0 Å². The molecule has 0 radical (unpaired) electrons. The maximum Gasteiger partial charge on any atom is 0.306 e. The molecule has 1 N–H and O–H groups in total. The summed E-state index contributed by atoms with van der Waals surface area (Å²) in [5.41, 5.74) is 3.64. The SMILES string of the molecule is CCOC(=O)CC/C=C/c1cc(C)c(F)cc1[C@@H](C)OC[C@H](O)CN1CCC[C@H]1Cc1ccc(C)c(F)c1. The number of carbonyl (C=O) groups excluding carboxylic acids is 1. The topological polar surface area (TPSA) is 59.0 Å². The number of rotatable bonds is 13. The fraction of sp³-hybridized carbons (Fsp3) is 0.516. The first-order chi connectivity index (χ1) is 18.2. The molecule has 0 spiro atoms. The van der Waals surface area contributed by atoms with E-state index in [0.29, 0.717) is 36.3 Å². The first-order valence-corrected chi connectivity index (χ1v) is 13.6. The summed E-state index contributed by atoms with van der Waals surface area (Å²) < 4.78 is 39.3. The van der Waals surface area contributed by atoms with Crippen LogP contribution in [0.15, 0.2) is 36.4 Å². The van der Waals surface area contributed by atoms with Gasteiger partial charge >= 0.3 is 5.97 Å². The maximum absolute atomic E-state index is 14.4. The molecule has 1 fully saturated rings. The number of benzene rings is 2. The molecule has 208 valence electrons. The van der Waals surface area contributed by atoms with Crippen LogP contribution in [0.25, 0.3) is 6.08 Å². The lowest BCUT2D eigenvalue weighted by atomic mass is 9.99. The average molecular weight is 530 g/mol. The van der Waals surface area contributed by atoms with Crippen molar-refractivity contribution in [3.05, 3.63) is 75.9 Å². The number of aliphatic hydroxyl groups is 1. The molecule has 5 nitrogen and oxygen atoms in total. The van der Waals surface area contributed by atoms with Gasteiger partial charge in [0.1, 0.15) is 11.6 Å². The van der Waals surface area contributed by atoms with Crippen LogP contribution in [0.2, 0.25) is 0 Å². The van der Waals surface area contributed by atoms with Gasteiger partial charge in [-0.25, -0.2) is 8.78 Å². The molecule has 0 aliphatic carbocycles. The molecule has 2 aromatic rings. The van der Waals surface area contributed by atoms with E-state index < -0.39 is 12.2 Å². The molecule has 0 bridgehead atoms. The average Bonchev–Trinajstić information content (AvgIpc) is 3.30. The quantitative estimate of drug-likeness (QED) is 0.319. The van der Waals surface area contributed by atoms with E-state index in [0.717, 1.165) is 36.9 Å². The maximum atomic E-state index is 14.4. The molecule has 1 heterocycles. The Balaban J connectivity index is 1.56. The Kier molecular flexibility index (Phi) is 11.4. The number of nitrogens with zero attached hydrogens (tertiary/aromatic N) is 1. The van der Waals surface area contributed by atoms with E-state index >= 15 is 0 Å². The Morgan fingerprint density at radius 3 is 2.68 bits per heavy atom. The van der Waals surface area contributed by atoms with Crippen LogP contribution in [0.4, 0.5) is 8.78 Å². The van der Waals surface area contributed by atoms with E-state index in [-0.39, 0.29) is 36.7 Å². The minimum atomic E-state index is -0.702. The first kappa shape index (κ1) is 29.9. The fourth-order valence-corrected chi connectivity index (χ4v) is 4.93. The lowest BCUT2D eigenvalue weighted by molar-refractivity contribution is -0.143. The van der Waals surface area contributed by atoms with Crippen molar-refractivity contribution in [2.75, 3.05) is 26.3 Å². The summed E-state index contributed by atoms with van der Waals surface area (Å²) in [6, 6.07) is 8.89. The summed E-state index contributed by atoms with van der Waals surface area (Å²) in [5, 5.41) is 10.7. The van der Waals surface area contributed by atoms with E-state index in [1.54, 1.807) is 32.9 Å². The predicted octanol–water partition coefficient (Wildman–Crippen LogP) is 6.08. The van der Waals surface area contributed by atoms with Crippen molar-refractivity contribution in [3.8, 4) is 0 Å². The molecule has 0 saturated carbocycles. The van der Waals surface area contributed by atoms with Gasteiger partial charge in [0.15, 0.2) is 0 Å². The third-order valence-electron chi connectivity index (χ3n) is 7.11. The highest BCUT2D eigenvalue weighted by molar-refractivity contribution is 5.69. The Bertz CT molecular complexity index is 1100. The number of allylic oxidation sites excluding steroid dienone is 1. The van der Waals surface area contributed by atoms with Gasteiger partial charge < -0.3 is 14.6 Å². The molecule has 7 heteroatoms. The zero-order valence-corrected chi connectivity index (χ0v) is 23.0. The van der Waals surface area contributed by atoms with Crippen LogP contribution in [0.3, 0.4) is 0 Å². The highest BCUT2D eigenvalue weighted by atomic mass is 19.1. The summed E-state index contributed by atoms with van der Waals surface area (Å²) in [5.74, 6) is -0.744. The molecular formula is C31H41F2NO4. The van der Waals surface area contributed by atoms with Gasteiger partial charge in [0.25, 0.3) is 0 Å². The van der Waals surface area contributed by atoms with Crippen LogP contribution in [0, 0.1) is 25.5 Å². The summed E-state index contributed by atoms with van der Waals surface area (Å²) in [6.07, 6.45) is 6.22. The van der Waals surface area contributed by atoms with Crippen LogP contribution in [0.5, 0.6) is 0 Å². The van der Waals surface area contributed by atoms with E-state index in [9.17, 15) is 18.7 Å². The van der Waals surface area contributed by atoms with Gasteiger partial charge in [-0.15, -0.1) is 0 Å². The molecule has 1 saturated heterocycles. The Hall–Kier alpha value is -2.61. The molecule has 1 aliphatic heterocycles. The number of halogens is 2. The van der Waals surface area contributed by atoms with E-state index in [4.69, 9.17) is 9.47 Å².